The average Bonchev–Trinajstić information content (AvgIpc) is 2.62. The minimum atomic E-state index is 0.273. The van der Waals surface area contributed by atoms with E-state index >= 15 is 0 Å². The van der Waals surface area contributed by atoms with Crippen LogP contribution >= 0.6 is 0 Å². The lowest BCUT2D eigenvalue weighted by molar-refractivity contribution is 0.900. The minimum absolute atomic E-state index is 0.273. The predicted molar refractivity (Wildman–Crippen MR) is 60.2 cm³/mol. The Morgan fingerprint density at radius 2 is 2.00 bits per heavy atom. The van der Waals surface area contributed by atoms with E-state index in [1.807, 2.05) is 42.7 Å². The van der Waals surface area contributed by atoms with Crippen molar-refractivity contribution in [1.29, 1.82) is 5.26 Å². The van der Waals surface area contributed by atoms with Gasteiger partial charge in [-0.3, -0.25) is 4.57 Å². The van der Waals surface area contributed by atoms with Crippen LogP contribution in [0.2, 0.25) is 0 Å². The molecule has 4 heteroatoms. The topological polar surface area (TPSA) is 54.5 Å². The molecule has 0 aliphatic rings. The number of rotatable bonds is 2. The van der Waals surface area contributed by atoms with Gasteiger partial charge in [0.15, 0.2) is 5.82 Å². The molecule has 0 radical (unpaired) electrons. The molecule has 0 spiro atoms. The molecule has 1 heterocycles. The number of hydrogen-bond acceptors (Lipinski definition) is 3. The van der Waals surface area contributed by atoms with Gasteiger partial charge < -0.3 is 0 Å². The lowest BCUT2D eigenvalue weighted by atomic mass is 10.2. The molecule has 0 amide bonds. The van der Waals surface area contributed by atoms with Crippen molar-refractivity contribution >= 4 is 0 Å². The maximum absolute atomic E-state index is 8.74. The van der Waals surface area contributed by atoms with Gasteiger partial charge in [-0.25, -0.2) is 0 Å². The number of nitriles is 1. The molecule has 0 saturated carbocycles. The summed E-state index contributed by atoms with van der Waals surface area (Å²) >= 11 is 0. The monoisotopic (exact) mass is 212 g/mol. The summed E-state index contributed by atoms with van der Waals surface area (Å²) in [5.41, 5.74) is 2.18. The summed E-state index contributed by atoms with van der Waals surface area (Å²) in [6.45, 7) is 3.92. The molecule has 0 N–H and O–H groups in total. The summed E-state index contributed by atoms with van der Waals surface area (Å²) in [4.78, 5) is 0. The third-order valence-electron chi connectivity index (χ3n) is 2.49. The van der Waals surface area contributed by atoms with Crippen molar-refractivity contribution in [2.75, 3.05) is 0 Å². The van der Waals surface area contributed by atoms with Crippen molar-refractivity contribution in [1.82, 2.24) is 14.8 Å². The van der Waals surface area contributed by atoms with E-state index in [0.717, 1.165) is 17.1 Å². The summed E-state index contributed by atoms with van der Waals surface area (Å²) in [6, 6.07) is 10.1. The smallest absolute Gasteiger partial charge is 0.151 e. The Kier molecular flexibility index (Phi) is 2.69. The zero-order chi connectivity index (χ0) is 11.5. The maximum Gasteiger partial charge on any atom is 0.151 e. The summed E-state index contributed by atoms with van der Waals surface area (Å²) in [6.07, 6.45) is 0.273. The van der Waals surface area contributed by atoms with Crippen LogP contribution in [0.4, 0.5) is 0 Å². The van der Waals surface area contributed by atoms with E-state index in [-0.39, 0.29) is 6.42 Å². The second-order valence-electron chi connectivity index (χ2n) is 3.62. The summed E-state index contributed by atoms with van der Waals surface area (Å²) in [5, 5.41) is 16.8. The molecule has 2 rings (SSSR count). The van der Waals surface area contributed by atoms with E-state index in [1.165, 1.54) is 0 Å². The fraction of sp³-hybridized carbons (Fsp3) is 0.250. The van der Waals surface area contributed by atoms with Crippen LogP contribution < -0.4 is 0 Å². The Hall–Kier alpha value is -2.15. The van der Waals surface area contributed by atoms with Crippen LogP contribution in [0, 0.1) is 25.2 Å². The van der Waals surface area contributed by atoms with Crippen molar-refractivity contribution < 1.29 is 0 Å². The normalized spacial score (nSPS) is 10.1. The summed E-state index contributed by atoms with van der Waals surface area (Å²) in [7, 11) is 0. The molecule has 0 aliphatic heterocycles. The Morgan fingerprint density at radius 3 is 2.69 bits per heavy atom. The number of para-hydroxylation sites is 1. The fourth-order valence-electron chi connectivity index (χ4n) is 1.72. The second kappa shape index (κ2) is 4.15. The van der Waals surface area contributed by atoms with Crippen molar-refractivity contribution in [2.45, 2.75) is 20.3 Å². The Balaban J connectivity index is 2.60. The average molecular weight is 212 g/mol. The van der Waals surface area contributed by atoms with Gasteiger partial charge >= 0.3 is 0 Å². The molecule has 4 nitrogen and oxygen atoms in total. The molecule has 0 fully saturated rings. The lowest BCUT2D eigenvalue weighted by Gasteiger charge is -2.09. The van der Waals surface area contributed by atoms with E-state index in [0.29, 0.717) is 5.82 Å². The first-order chi connectivity index (χ1) is 7.74. The zero-order valence-corrected chi connectivity index (χ0v) is 9.31. The third-order valence-corrected chi connectivity index (χ3v) is 2.49. The van der Waals surface area contributed by atoms with Crippen LogP contribution in [0.15, 0.2) is 24.3 Å². The first-order valence-corrected chi connectivity index (χ1v) is 5.08. The van der Waals surface area contributed by atoms with Gasteiger partial charge in [0.2, 0.25) is 0 Å². The molecule has 1 aromatic heterocycles. The first-order valence-electron chi connectivity index (χ1n) is 5.08. The Morgan fingerprint density at radius 1 is 1.25 bits per heavy atom. The lowest BCUT2D eigenvalue weighted by Crippen LogP contribution is -2.04. The predicted octanol–water partition coefficient (Wildman–Crippen LogP) is 1.95. The van der Waals surface area contributed by atoms with Gasteiger partial charge in [-0.1, -0.05) is 18.2 Å². The summed E-state index contributed by atoms with van der Waals surface area (Å²) < 4.78 is 1.93. The number of benzene rings is 1. The van der Waals surface area contributed by atoms with Crippen LogP contribution in [-0.4, -0.2) is 14.8 Å². The van der Waals surface area contributed by atoms with E-state index in [4.69, 9.17) is 5.26 Å². The highest BCUT2D eigenvalue weighted by molar-refractivity contribution is 5.41. The molecule has 0 bridgehead atoms. The van der Waals surface area contributed by atoms with Crippen molar-refractivity contribution in [3.8, 4) is 11.8 Å². The molecule has 0 atom stereocenters. The van der Waals surface area contributed by atoms with E-state index in [1.54, 1.807) is 0 Å². The van der Waals surface area contributed by atoms with Crippen LogP contribution in [0.3, 0.4) is 0 Å². The van der Waals surface area contributed by atoms with Crippen molar-refractivity contribution in [3.05, 3.63) is 41.5 Å². The summed E-state index contributed by atoms with van der Waals surface area (Å²) in [5.74, 6) is 1.49. The second-order valence-corrected chi connectivity index (χ2v) is 3.62. The number of aryl methyl sites for hydroxylation is 2. The highest BCUT2D eigenvalue weighted by Crippen LogP contribution is 2.17. The van der Waals surface area contributed by atoms with Crippen LogP contribution in [-0.2, 0) is 6.42 Å². The van der Waals surface area contributed by atoms with Gasteiger partial charge in [0.05, 0.1) is 18.2 Å². The molecule has 0 aliphatic carbocycles. The van der Waals surface area contributed by atoms with E-state index < -0.39 is 0 Å². The molecule has 0 unspecified atom stereocenters. The third kappa shape index (κ3) is 1.68. The first kappa shape index (κ1) is 10.4. The van der Waals surface area contributed by atoms with Crippen LogP contribution in [0.25, 0.3) is 5.69 Å². The van der Waals surface area contributed by atoms with Crippen LogP contribution in [0.1, 0.15) is 17.2 Å². The standard InChI is InChI=1S/C12H12N4/c1-9-5-3-4-6-11(9)16-10(2)14-15-12(16)7-8-13/h3-6H,7H2,1-2H3. The number of aromatic nitrogens is 3. The maximum atomic E-state index is 8.74. The highest BCUT2D eigenvalue weighted by Gasteiger charge is 2.11. The van der Waals surface area contributed by atoms with Gasteiger partial charge in [-0.2, -0.15) is 5.26 Å². The molecular weight excluding hydrogens is 200 g/mol. The Labute approximate surface area is 94.2 Å². The number of hydrogen-bond donors (Lipinski definition) is 0. The fourth-order valence-corrected chi connectivity index (χ4v) is 1.72. The van der Waals surface area contributed by atoms with Gasteiger partial charge in [0, 0.05) is 0 Å². The van der Waals surface area contributed by atoms with Crippen molar-refractivity contribution in [2.24, 2.45) is 0 Å². The molecular formula is C12H12N4. The minimum Gasteiger partial charge on any atom is -0.282 e. The van der Waals surface area contributed by atoms with E-state index in [2.05, 4.69) is 16.3 Å². The SMILES string of the molecule is Cc1ccccc1-n1c(C)nnc1CC#N. The molecule has 1 aromatic carbocycles. The molecule has 80 valence electrons. The van der Waals surface area contributed by atoms with E-state index in [9.17, 15) is 0 Å². The molecule has 16 heavy (non-hydrogen) atoms. The van der Waals surface area contributed by atoms with Crippen molar-refractivity contribution in [3.63, 3.8) is 0 Å². The number of nitrogens with zero attached hydrogens (tertiary/aromatic N) is 4. The quantitative estimate of drug-likeness (QED) is 0.764. The zero-order valence-electron chi connectivity index (χ0n) is 9.31. The molecule has 0 saturated heterocycles. The van der Waals surface area contributed by atoms with Gasteiger partial charge in [-0.15, -0.1) is 10.2 Å². The van der Waals surface area contributed by atoms with Gasteiger partial charge in [-0.05, 0) is 25.5 Å². The highest BCUT2D eigenvalue weighted by atomic mass is 15.3. The largest absolute Gasteiger partial charge is 0.282 e. The Bertz CT molecular complexity index is 548. The molecule has 2 aromatic rings. The van der Waals surface area contributed by atoms with Gasteiger partial charge in [0.25, 0.3) is 0 Å². The van der Waals surface area contributed by atoms with Gasteiger partial charge in [0.1, 0.15) is 5.82 Å². The van der Waals surface area contributed by atoms with Crippen LogP contribution in [0.5, 0.6) is 0 Å².